The number of fused-ring (bicyclic) bond motifs is 2. The molecule has 2 unspecified atom stereocenters. The second-order valence-electron chi connectivity index (χ2n) is 7.42. The Morgan fingerprint density at radius 3 is 2.82 bits per heavy atom. The van der Waals surface area contributed by atoms with Crippen LogP contribution in [0.25, 0.3) is 10.9 Å². The number of aromatic amines is 1. The molecule has 2 aliphatic rings. The SMILES string of the molecule is CNC(=O)c1cc(C(=O)NC2C3COCC32)n(Cc2ccc3[nH]ccc3c2)n1. The molecule has 2 fully saturated rings. The standard InChI is InChI=1S/C20H21N5O3/c1-21-19(26)16-7-17(20(27)23-18-13-9-28-10-14(13)18)25(24-16)8-11-2-3-15-12(6-11)4-5-22-15/h2-7,13-14,18,22H,8-10H2,1H3,(H,21,26)(H,23,27). The molecule has 0 spiro atoms. The van der Waals surface area contributed by atoms with Gasteiger partial charge in [0.05, 0.1) is 19.8 Å². The summed E-state index contributed by atoms with van der Waals surface area (Å²) in [5.41, 5.74) is 2.67. The van der Waals surface area contributed by atoms with Crippen LogP contribution in [0, 0.1) is 11.8 Å². The average molecular weight is 379 g/mol. The first-order valence-electron chi connectivity index (χ1n) is 9.38. The topological polar surface area (TPSA) is 101 Å². The Morgan fingerprint density at radius 2 is 2.04 bits per heavy atom. The minimum absolute atomic E-state index is 0.157. The van der Waals surface area contributed by atoms with Gasteiger partial charge in [0.1, 0.15) is 5.69 Å². The molecule has 2 amide bonds. The number of ether oxygens (including phenoxy) is 1. The molecule has 0 radical (unpaired) electrons. The first-order valence-corrected chi connectivity index (χ1v) is 9.38. The van der Waals surface area contributed by atoms with Gasteiger partial charge in [-0.05, 0) is 29.1 Å². The molecule has 3 heterocycles. The number of H-pyrrole nitrogens is 1. The van der Waals surface area contributed by atoms with Crippen LogP contribution in [0.2, 0.25) is 0 Å². The number of aromatic nitrogens is 3. The van der Waals surface area contributed by atoms with Crippen molar-refractivity contribution in [3.05, 3.63) is 53.5 Å². The number of carbonyl (C=O) groups excluding carboxylic acids is 2. The minimum atomic E-state index is -0.314. The van der Waals surface area contributed by atoms with Crippen molar-refractivity contribution in [2.45, 2.75) is 12.6 Å². The number of rotatable bonds is 5. The molecule has 3 aromatic rings. The zero-order valence-electron chi connectivity index (χ0n) is 15.4. The molecule has 1 aliphatic heterocycles. The third-order valence-electron chi connectivity index (χ3n) is 5.67. The van der Waals surface area contributed by atoms with Gasteiger partial charge in [0.2, 0.25) is 0 Å². The molecule has 144 valence electrons. The van der Waals surface area contributed by atoms with Crippen molar-refractivity contribution in [1.29, 1.82) is 0 Å². The van der Waals surface area contributed by atoms with Crippen molar-refractivity contribution in [3.8, 4) is 0 Å². The van der Waals surface area contributed by atoms with E-state index < -0.39 is 0 Å². The van der Waals surface area contributed by atoms with Gasteiger partial charge in [-0.1, -0.05) is 6.07 Å². The van der Waals surface area contributed by atoms with Crippen molar-refractivity contribution in [1.82, 2.24) is 25.4 Å². The number of nitrogens with one attached hydrogen (secondary N) is 3. The van der Waals surface area contributed by atoms with Crippen LogP contribution in [-0.4, -0.2) is 52.9 Å². The molecule has 2 atom stereocenters. The van der Waals surface area contributed by atoms with Gasteiger partial charge in [-0.25, -0.2) is 0 Å². The molecule has 28 heavy (non-hydrogen) atoms. The summed E-state index contributed by atoms with van der Waals surface area (Å²) in [5.74, 6) is 0.305. The molecule has 5 rings (SSSR count). The maximum atomic E-state index is 12.9. The highest BCUT2D eigenvalue weighted by Gasteiger charge is 2.54. The minimum Gasteiger partial charge on any atom is -0.381 e. The van der Waals surface area contributed by atoms with Crippen LogP contribution in [0.5, 0.6) is 0 Å². The molecule has 3 N–H and O–H groups in total. The predicted octanol–water partition coefficient (Wildman–Crippen LogP) is 1.15. The van der Waals surface area contributed by atoms with Crippen LogP contribution in [0.4, 0.5) is 0 Å². The highest BCUT2D eigenvalue weighted by atomic mass is 16.5. The zero-order valence-corrected chi connectivity index (χ0v) is 15.4. The van der Waals surface area contributed by atoms with Crippen molar-refractivity contribution < 1.29 is 14.3 Å². The van der Waals surface area contributed by atoms with Gasteiger partial charge in [0.15, 0.2) is 5.69 Å². The third-order valence-corrected chi connectivity index (χ3v) is 5.67. The Balaban J connectivity index is 1.42. The molecular weight excluding hydrogens is 358 g/mol. The van der Waals surface area contributed by atoms with Crippen LogP contribution in [0.3, 0.4) is 0 Å². The van der Waals surface area contributed by atoms with E-state index in [1.807, 2.05) is 24.4 Å². The van der Waals surface area contributed by atoms with Gasteiger partial charge in [-0.15, -0.1) is 0 Å². The first-order chi connectivity index (χ1) is 13.6. The normalized spacial score (nSPS) is 22.8. The predicted molar refractivity (Wildman–Crippen MR) is 102 cm³/mol. The first kappa shape index (κ1) is 17.0. The monoisotopic (exact) mass is 379 g/mol. The summed E-state index contributed by atoms with van der Waals surface area (Å²) in [6.07, 6.45) is 1.89. The lowest BCUT2D eigenvalue weighted by Crippen LogP contribution is -2.31. The van der Waals surface area contributed by atoms with E-state index in [1.54, 1.807) is 17.8 Å². The second-order valence-corrected chi connectivity index (χ2v) is 7.42. The van der Waals surface area contributed by atoms with Crippen molar-refractivity contribution >= 4 is 22.7 Å². The van der Waals surface area contributed by atoms with E-state index in [0.717, 1.165) is 16.5 Å². The Hall–Kier alpha value is -3.13. The molecule has 0 bridgehead atoms. The molecule has 1 aromatic carbocycles. The van der Waals surface area contributed by atoms with Crippen molar-refractivity contribution in [3.63, 3.8) is 0 Å². The summed E-state index contributed by atoms with van der Waals surface area (Å²) in [6, 6.07) is 9.75. The summed E-state index contributed by atoms with van der Waals surface area (Å²) in [7, 11) is 1.55. The Labute approximate surface area is 161 Å². The quantitative estimate of drug-likeness (QED) is 0.619. The van der Waals surface area contributed by atoms with E-state index in [-0.39, 0.29) is 23.6 Å². The van der Waals surface area contributed by atoms with Gasteiger partial charge < -0.3 is 20.4 Å². The largest absolute Gasteiger partial charge is 0.381 e. The Kier molecular flexibility index (Phi) is 3.94. The molecule has 8 nitrogen and oxygen atoms in total. The van der Waals surface area contributed by atoms with Crippen LogP contribution in [0.15, 0.2) is 36.5 Å². The summed E-state index contributed by atoms with van der Waals surface area (Å²) in [4.78, 5) is 28.1. The van der Waals surface area contributed by atoms with Crippen LogP contribution >= 0.6 is 0 Å². The lowest BCUT2D eigenvalue weighted by Gasteiger charge is -2.10. The van der Waals surface area contributed by atoms with Crippen LogP contribution in [-0.2, 0) is 11.3 Å². The number of hydrogen-bond donors (Lipinski definition) is 3. The Bertz CT molecular complexity index is 1060. The van der Waals surface area contributed by atoms with Gasteiger partial charge in [-0.2, -0.15) is 5.10 Å². The van der Waals surface area contributed by atoms with E-state index in [0.29, 0.717) is 37.3 Å². The van der Waals surface area contributed by atoms with Gasteiger partial charge in [0.25, 0.3) is 11.8 Å². The molecular formula is C20H21N5O3. The van der Waals surface area contributed by atoms with Crippen LogP contribution in [0.1, 0.15) is 26.5 Å². The highest BCUT2D eigenvalue weighted by Crippen LogP contribution is 2.44. The zero-order chi connectivity index (χ0) is 19.3. The maximum absolute atomic E-state index is 12.9. The number of nitrogens with zero attached hydrogens (tertiary/aromatic N) is 2. The summed E-state index contributed by atoms with van der Waals surface area (Å²) in [5, 5.41) is 11.1. The fourth-order valence-electron chi connectivity index (χ4n) is 4.01. The molecule has 1 saturated carbocycles. The number of amides is 2. The van der Waals surface area contributed by atoms with Gasteiger partial charge in [-0.3, -0.25) is 14.3 Å². The van der Waals surface area contributed by atoms with E-state index in [2.05, 4.69) is 26.8 Å². The smallest absolute Gasteiger partial charge is 0.271 e. The summed E-state index contributed by atoms with van der Waals surface area (Å²) >= 11 is 0. The maximum Gasteiger partial charge on any atom is 0.271 e. The fraction of sp³-hybridized carbons (Fsp3) is 0.350. The van der Waals surface area contributed by atoms with Crippen molar-refractivity contribution in [2.75, 3.05) is 20.3 Å². The van der Waals surface area contributed by atoms with Gasteiger partial charge in [0, 0.05) is 42.7 Å². The lowest BCUT2D eigenvalue weighted by atomic mass is 10.1. The molecule has 2 aromatic heterocycles. The Morgan fingerprint density at radius 1 is 1.21 bits per heavy atom. The lowest BCUT2D eigenvalue weighted by molar-refractivity contribution is 0.0917. The fourth-order valence-corrected chi connectivity index (χ4v) is 4.01. The summed E-state index contributed by atoms with van der Waals surface area (Å²) in [6.45, 7) is 1.81. The van der Waals surface area contributed by atoms with E-state index >= 15 is 0 Å². The second kappa shape index (κ2) is 6.49. The number of benzene rings is 1. The highest BCUT2D eigenvalue weighted by molar-refractivity contribution is 5.98. The molecule has 1 saturated heterocycles. The molecule has 8 heteroatoms. The summed E-state index contributed by atoms with van der Waals surface area (Å²) < 4.78 is 6.98. The van der Waals surface area contributed by atoms with E-state index in [1.165, 1.54) is 0 Å². The number of carbonyl (C=O) groups is 2. The van der Waals surface area contributed by atoms with E-state index in [4.69, 9.17) is 4.74 Å². The molecule has 1 aliphatic carbocycles. The van der Waals surface area contributed by atoms with Crippen molar-refractivity contribution in [2.24, 2.45) is 11.8 Å². The average Bonchev–Trinajstić information content (AvgIpc) is 3.21. The number of hydrogen-bond acceptors (Lipinski definition) is 4. The van der Waals surface area contributed by atoms with Crippen LogP contribution < -0.4 is 10.6 Å². The third kappa shape index (κ3) is 2.86. The van der Waals surface area contributed by atoms with Gasteiger partial charge >= 0.3 is 0 Å². The van der Waals surface area contributed by atoms with E-state index in [9.17, 15) is 9.59 Å².